The molecule has 0 saturated carbocycles. The molecule has 0 amide bonds. The molecule has 0 saturated heterocycles. The number of hydrogen-bond acceptors (Lipinski definition) is 1. The Kier molecular flexibility index (Phi) is 22.4. The summed E-state index contributed by atoms with van der Waals surface area (Å²) >= 11 is 0. The van der Waals surface area contributed by atoms with Gasteiger partial charge in [-0.1, -0.05) is 222 Å². The smallest absolute Gasteiger partial charge is 0.0441 e. The van der Waals surface area contributed by atoms with E-state index in [-0.39, 0.29) is 11.1 Å². The maximum Gasteiger partial charge on any atom is 0.0441 e. The molecule has 1 heteroatoms. The van der Waals surface area contributed by atoms with Crippen LogP contribution < -0.4 is 0 Å². The Morgan fingerprint density at radius 3 is 1.11 bits per heavy atom. The first-order chi connectivity index (χ1) is 22.5. The highest BCUT2D eigenvalue weighted by atomic mass is 15.3. The van der Waals surface area contributed by atoms with E-state index in [0.717, 1.165) is 6.54 Å². The Morgan fingerprint density at radius 1 is 0.391 bits per heavy atom. The number of hydrogen-bond donors (Lipinski definition) is 0. The second-order valence-corrected chi connectivity index (χ2v) is 15.2. The minimum atomic E-state index is -0.0409. The van der Waals surface area contributed by atoms with Crippen molar-refractivity contribution in [1.82, 2.24) is 4.90 Å². The molecule has 0 aromatic heterocycles. The van der Waals surface area contributed by atoms with Crippen molar-refractivity contribution in [3.05, 3.63) is 71.8 Å². The fourth-order valence-corrected chi connectivity index (χ4v) is 7.80. The summed E-state index contributed by atoms with van der Waals surface area (Å²) in [4.78, 5) is 2.90. The maximum atomic E-state index is 2.90. The van der Waals surface area contributed by atoms with E-state index in [9.17, 15) is 0 Å². The minimum Gasteiger partial charge on any atom is -0.285 e. The first kappa shape index (κ1) is 40.6. The van der Waals surface area contributed by atoms with Crippen molar-refractivity contribution in [3.63, 3.8) is 0 Å². The van der Waals surface area contributed by atoms with Gasteiger partial charge in [-0.15, -0.1) is 0 Å². The highest BCUT2D eigenvalue weighted by Gasteiger charge is 2.42. The molecular formula is C45H77N. The van der Waals surface area contributed by atoms with E-state index in [0.29, 0.717) is 0 Å². The van der Waals surface area contributed by atoms with Gasteiger partial charge in [0.25, 0.3) is 0 Å². The van der Waals surface area contributed by atoms with Gasteiger partial charge in [0.2, 0.25) is 0 Å². The number of nitrogens with zero attached hydrogens (tertiary/aromatic N) is 1. The van der Waals surface area contributed by atoms with E-state index < -0.39 is 0 Å². The van der Waals surface area contributed by atoms with Gasteiger partial charge in [0.05, 0.1) is 0 Å². The molecule has 0 fully saturated rings. The van der Waals surface area contributed by atoms with Crippen LogP contribution in [0.2, 0.25) is 0 Å². The molecular weight excluding hydrogens is 555 g/mol. The second-order valence-electron chi connectivity index (χ2n) is 15.2. The van der Waals surface area contributed by atoms with Crippen molar-refractivity contribution >= 4 is 0 Å². The minimum absolute atomic E-state index is 0.0108. The maximum absolute atomic E-state index is 2.90. The van der Waals surface area contributed by atoms with Crippen LogP contribution in [0.5, 0.6) is 0 Å². The van der Waals surface area contributed by atoms with Gasteiger partial charge in [-0.2, -0.15) is 0 Å². The Hall–Kier alpha value is -1.60. The van der Waals surface area contributed by atoms with E-state index in [1.54, 1.807) is 0 Å². The van der Waals surface area contributed by atoms with Crippen LogP contribution in [0.15, 0.2) is 60.7 Å². The lowest BCUT2D eigenvalue weighted by atomic mass is 9.79. The largest absolute Gasteiger partial charge is 0.285 e. The van der Waals surface area contributed by atoms with Crippen LogP contribution in [0.4, 0.5) is 0 Å². The molecule has 0 aliphatic heterocycles. The van der Waals surface area contributed by atoms with Gasteiger partial charge in [0.15, 0.2) is 0 Å². The van der Waals surface area contributed by atoms with Gasteiger partial charge >= 0.3 is 0 Å². The standard InChI is InChI=1S/C45H77N/c1-6-8-10-12-14-16-18-20-22-24-26-34-40-45(5,43-38-32-29-33-39-43)46(44(3,4)42-36-30-28-31-37-42)41-35-27-25-23-21-19-17-15-13-11-9-7-2/h28-33,36-39H,6-27,34-35,40-41H2,1-5H3. The predicted octanol–water partition coefficient (Wildman–Crippen LogP) is 14.9. The van der Waals surface area contributed by atoms with Crippen molar-refractivity contribution < 1.29 is 0 Å². The lowest BCUT2D eigenvalue weighted by molar-refractivity contribution is -0.00999. The summed E-state index contributed by atoms with van der Waals surface area (Å²) in [6.45, 7) is 13.3. The molecule has 2 rings (SSSR count). The fourth-order valence-electron chi connectivity index (χ4n) is 7.80. The third-order valence-corrected chi connectivity index (χ3v) is 10.9. The molecule has 0 aliphatic carbocycles. The zero-order chi connectivity index (χ0) is 33.2. The highest BCUT2D eigenvalue weighted by molar-refractivity contribution is 5.29. The summed E-state index contributed by atoms with van der Waals surface area (Å²) in [5.74, 6) is 0. The molecule has 1 atom stereocenters. The first-order valence-corrected chi connectivity index (χ1v) is 20.4. The van der Waals surface area contributed by atoms with Gasteiger partial charge in [-0.3, -0.25) is 4.90 Å². The molecule has 2 aromatic rings. The summed E-state index contributed by atoms with van der Waals surface area (Å²) < 4.78 is 0. The Balaban J connectivity index is 1.95. The Labute approximate surface area is 288 Å². The monoisotopic (exact) mass is 632 g/mol. The lowest BCUT2D eigenvalue weighted by Crippen LogP contribution is -2.54. The lowest BCUT2D eigenvalue weighted by Gasteiger charge is -2.51. The summed E-state index contributed by atoms with van der Waals surface area (Å²) in [5.41, 5.74) is 2.89. The summed E-state index contributed by atoms with van der Waals surface area (Å²) in [7, 11) is 0. The molecule has 2 aromatic carbocycles. The van der Waals surface area contributed by atoms with Crippen molar-refractivity contribution in [3.8, 4) is 0 Å². The van der Waals surface area contributed by atoms with Crippen molar-refractivity contribution in [2.24, 2.45) is 0 Å². The van der Waals surface area contributed by atoms with Crippen LogP contribution in [0.3, 0.4) is 0 Å². The zero-order valence-electron chi connectivity index (χ0n) is 31.6. The van der Waals surface area contributed by atoms with Gasteiger partial charge < -0.3 is 0 Å². The summed E-state index contributed by atoms with van der Waals surface area (Å²) in [5, 5.41) is 0. The van der Waals surface area contributed by atoms with Gasteiger partial charge in [0, 0.05) is 11.1 Å². The van der Waals surface area contributed by atoms with Crippen molar-refractivity contribution in [2.75, 3.05) is 6.54 Å². The average Bonchev–Trinajstić information content (AvgIpc) is 3.08. The molecule has 0 radical (unpaired) electrons. The van der Waals surface area contributed by atoms with Crippen molar-refractivity contribution in [1.29, 1.82) is 0 Å². The van der Waals surface area contributed by atoms with Gasteiger partial charge in [-0.05, 0) is 51.3 Å². The predicted molar refractivity (Wildman–Crippen MR) is 207 cm³/mol. The van der Waals surface area contributed by atoms with E-state index in [2.05, 4.69) is 100 Å². The Bertz CT molecular complexity index is 934. The van der Waals surface area contributed by atoms with Crippen LogP contribution in [-0.2, 0) is 11.1 Å². The van der Waals surface area contributed by atoms with E-state index in [1.165, 1.54) is 172 Å². The molecule has 46 heavy (non-hydrogen) atoms. The normalized spacial score (nSPS) is 13.3. The molecule has 0 aliphatic rings. The highest BCUT2D eigenvalue weighted by Crippen LogP contribution is 2.43. The number of unbranched alkanes of at least 4 members (excludes halogenated alkanes) is 22. The molecule has 0 heterocycles. The zero-order valence-corrected chi connectivity index (χ0v) is 31.6. The second kappa shape index (κ2) is 25.4. The third-order valence-electron chi connectivity index (χ3n) is 10.9. The number of rotatable bonds is 30. The third kappa shape index (κ3) is 16.0. The molecule has 1 nitrogen and oxygen atoms in total. The summed E-state index contributed by atoms with van der Waals surface area (Å²) in [6, 6.07) is 22.8. The van der Waals surface area contributed by atoms with Crippen molar-refractivity contribution in [2.45, 2.75) is 206 Å². The topological polar surface area (TPSA) is 3.24 Å². The molecule has 0 N–H and O–H groups in total. The van der Waals surface area contributed by atoms with Crippen LogP contribution in [-0.4, -0.2) is 11.4 Å². The Morgan fingerprint density at radius 2 is 0.717 bits per heavy atom. The molecule has 0 bridgehead atoms. The van der Waals surface area contributed by atoms with Crippen LogP contribution in [0.1, 0.15) is 206 Å². The molecule has 0 spiro atoms. The average molecular weight is 632 g/mol. The first-order valence-electron chi connectivity index (χ1n) is 20.4. The SMILES string of the molecule is CCCCCCCCCCCCCCN(C(C)(C)c1ccccc1)C(C)(CCCCCCCCCCCCCC)c1ccccc1. The van der Waals surface area contributed by atoms with Crippen LogP contribution in [0, 0.1) is 0 Å². The number of benzene rings is 2. The fraction of sp³-hybridized carbons (Fsp3) is 0.733. The van der Waals surface area contributed by atoms with Gasteiger partial charge in [-0.25, -0.2) is 0 Å². The van der Waals surface area contributed by atoms with Crippen LogP contribution in [0.25, 0.3) is 0 Å². The molecule has 262 valence electrons. The summed E-state index contributed by atoms with van der Waals surface area (Å²) in [6.07, 6.45) is 34.9. The van der Waals surface area contributed by atoms with E-state index >= 15 is 0 Å². The van der Waals surface area contributed by atoms with Gasteiger partial charge in [0.1, 0.15) is 0 Å². The van der Waals surface area contributed by atoms with E-state index in [1.807, 2.05) is 0 Å². The quantitative estimate of drug-likeness (QED) is 0.0775. The van der Waals surface area contributed by atoms with Crippen LogP contribution >= 0.6 is 0 Å². The molecule has 1 unspecified atom stereocenters. The van der Waals surface area contributed by atoms with E-state index in [4.69, 9.17) is 0 Å².